The molecular formula is C12H16ClN5O. The highest BCUT2D eigenvalue weighted by Crippen LogP contribution is 2.14. The fraction of sp³-hybridized carbons (Fsp3) is 0.417. The highest BCUT2D eigenvalue weighted by molar-refractivity contribution is 6.33. The molecule has 102 valence electrons. The number of halogens is 1. The molecule has 0 aromatic carbocycles. The normalized spacial score (nSPS) is 10.7. The first kappa shape index (κ1) is 13.6. The second kappa shape index (κ2) is 5.88. The van der Waals surface area contributed by atoms with Crippen LogP contribution in [0.4, 0.5) is 0 Å². The van der Waals surface area contributed by atoms with Gasteiger partial charge < -0.3 is 5.32 Å². The van der Waals surface area contributed by atoms with Gasteiger partial charge in [0.15, 0.2) is 0 Å². The van der Waals surface area contributed by atoms with Crippen molar-refractivity contribution in [2.45, 2.75) is 33.5 Å². The van der Waals surface area contributed by atoms with Gasteiger partial charge in [-0.25, -0.2) is 0 Å². The molecule has 0 aliphatic carbocycles. The SMILES string of the molecule is CCn1cc(CNC(=O)c2c(Cl)cnn2CC)cn1. The standard InChI is InChI=1S/C12H16ClN5O/c1-3-17-8-9(6-15-17)5-14-12(19)11-10(13)7-16-18(11)4-2/h6-8H,3-5H2,1-2H3,(H,14,19). The zero-order chi connectivity index (χ0) is 13.8. The molecule has 0 saturated heterocycles. The number of hydrogen-bond acceptors (Lipinski definition) is 3. The average molecular weight is 282 g/mol. The van der Waals surface area contributed by atoms with Gasteiger partial charge in [0, 0.05) is 31.4 Å². The van der Waals surface area contributed by atoms with Crippen LogP contribution in [0.25, 0.3) is 0 Å². The van der Waals surface area contributed by atoms with Crippen LogP contribution >= 0.6 is 11.6 Å². The van der Waals surface area contributed by atoms with Crippen molar-refractivity contribution in [3.8, 4) is 0 Å². The van der Waals surface area contributed by atoms with Gasteiger partial charge in [-0.05, 0) is 13.8 Å². The number of aryl methyl sites for hydroxylation is 2. The molecule has 0 radical (unpaired) electrons. The first-order valence-electron chi connectivity index (χ1n) is 6.16. The minimum absolute atomic E-state index is 0.228. The Balaban J connectivity index is 2.03. The topological polar surface area (TPSA) is 64.7 Å². The quantitative estimate of drug-likeness (QED) is 0.907. The zero-order valence-electron chi connectivity index (χ0n) is 10.9. The highest BCUT2D eigenvalue weighted by Gasteiger charge is 2.16. The van der Waals surface area contributed by atoms with Crippen molar-refractivity contribution in [1.29, 1.82) is 0 Å². The molecule has 2 heterocycles. The smallest absolute Gasteiger partial charge is 0.271 e. The Morgan fingerprint density at radius 3 is 2.74 bits per heavy atom. The van der Waals surface area contributed by atoms with Gasteiger partial charge >= 0.3 is 0 Å². The highest BCUT2D eigenvalue weighted by atomic mass is 35.5. The van der Waals surface area contributed by atoms with E-state index in [0.717, 1.165) is 12.1 Å². The number of carbonyl (C=O) groups is 1. The maximum absolute atomic E-state index is 12.1. The number of nitrogens with zero attached hydrogens (tertiary/aromatic N) is 4. The molecule has 0 bridgehead atoms. The third-order valence-electron chi connectivity index (χ3n) is 2.77. The van der Waals surface area contributed by atoms with Crippen molar-refractivity contribution < 1.29 is 4.79 Å². The van der Waals surface area contributed by atoms with E-state index in [1.165, 1.54) is 6.20 Å². The predicted molar refractivity (Wildman–Crippen MR) is 72.0 cm³/mol. The van der Waals surface area contributed by atoms with E-state index in [1.807, 2.05) is 24.7 Å². The Morgan fingerprint density at radius 1 is 1.32 bits per heavy atom. The summed E-state index contributed by atoms with van der Waals surface area (Å²) in [6.07, 6.45) is 5.12. The second-order valence-corrected chi connectivity index (χ2v) is 4.45. The van der Waals surface area contributed by atoms with E-state index in [9.17, 15) is 4.79 Å². The van der Waals surface area contributed by atoms with Crippen molar-refractivity contribution in [3.05, 3.63) is 34.9 Å². The summed E-state index contributed by atoms with van der Waals surface area (Å²) in [6.45, 7) is 5.75. The summed E-state index contributed by atoms with van der Waals surface area (Å²) in [5, 5.41) is 11.4. The third kappa shape index (κ3) is 2.96. The summed E-state index contributed by atoms with van der Waals surface area (Å²) in [5.41, 5.74) is 1.35. The molecule has 19 heavy (non-hydrogen) atoms. The van der Waals surface area contributed by atoms with Crippen LogP contribution in [-0.4, -0.2) is 25.5 Å². The van der Waals surface area contributed by atoms with Crippen molar-refractivity contribution in [2.75, 3.05) is 0 Å². The number of nitrogens with one attached hydrogen (secondary N) is 1. The summed E-state index contributed by atoms with van der Waals surface area (Å²) < 4.78 is 3.39. The lowest BCUT2D eigenvalue weighted by molar-refractivity contribution is 0.0940. The average Bonchev–Trinajstić information content (AvgIpc) is 3.02. The minimum atomic E-state index is -0.228. The van der Waals surface area contributed by atoms with Gasteiger partial charge in [-0.2, -0.15) is 10.2 Å². The molecule has 0 atom stereocenters. The van der Waals surface area contributed by atoms with E-state index < -0.39 is 0 Å². The van der Waals surface area contributed by atoms with Gasteiger partial charge in [0.1, 0.15) is 5.69 Å². The molecule has 0 fully saturated rings. The molecule has 2 rings (SSSR count). The van der Waals surface area contributed by atoms with Gasteiger partial charge in [0.05, 0.1) is 17.4 Å². The molecule has 0 aliphatic heterocycles. The predicted octanol–water partition coefficient (Wildman–Crippen LogP) is 1.70. The van der Waals surface area contributed by atoms with Crippen molar-refractivity contribution >= 4 is 17.5 Å². The maximum atomic E-state index is 12.1. The van der Waals surface area contributed by atoms with E-state index in [4.69, 9.17) is 11.6 Å². The third-order valence-corrected chi connectivity index (χ3v) is 3.05. The van der Waals surface area contributed by atoms with E-state index in [2.05, 4.69) is 15.5 Å². The van der Waals surface area contributed by atoms with E-state index in [1.54, 1.807) is 10.9 Å². The summed E-state index contributed by atoms with van der Waals surface area (Å²) >= 11 is 5.97. The molecule has 2 aromatic heterocycles. The van der Waals surface area contributed by atoms with E-state index in [0.29, 0.717) is 23.8 Å². The van der Waals surface area contributed by atoms with Crippen LogP contribution in [0, 0.1) is 0 Å². The summed E-state index contributed by atoms with van der Waals surface area (Å²) in [6, 6.07) is 0. The Kier molecular flexibility index (Phi) is 4.21. The van der Waals surface area contributed by atoms with Crippen LogP contribution in [0.5, 0.6) is 0 Å². The number of hydrogen-bond donors (Lipinski definition) is 1. The van der Waals surface area contributed by atoms with Crippen molar-refractivity contribution in [2.24, 2.45) is 0 Å². The lowest BCUT2D eigenvalue weighted by Gasteiger charge is -2.06. The molecule has 6 nitrogen and oxygen atoms in total. The molecule has 1 N–H and O–H groups in total. The number of amides is 1. The molecule has 0 aliphatic rings. The summed E-state index contributed by atoms with van der Waals surface area (Å²) in [4.78, 5) is 12.1. The van der Waals surface area contributed by atoms with Crippen molar-refractivity contribution in [3.63, 3.8) is 0 Å². The number of rotatable bonds is 5. The number of carbonyl (C=O) groups excluding carboxylic acids is 1. The molecule has 7 heteroatoms. The lowest BCUT2D eigenvalue weighted by Crippen LogP contribution is -2.25. The van der Waals surface area contributed by atoms with Crippen LogP contribution in [0.1, 0.15) is 29.9 Å². The molecule has 0 saturated carbocycles. The summed E-state index contributed by atoms with van der Waals surface area (Å²) in [5.74, 6) is -0.228. The molecule has 0 unspecified atom stereocenters. The largest absolute Gasteiger partial charge is 0.346 e. The first-order chi connectivity index (χ1) is 9.15. The molecular weight excluding hydrogens is 266 g/mol. The fourth-order valence-electron chi connectivity index (χ4n) is 1.76. The Hall–Kier alpha value is -1.82. The summed E-state index contributed by atoms with van der Waals surface area (Å²) in [7, 11) is 0. The maximum Gasteiger partial charge on any atom is 0.271 e. The lowest BCUT2D eigenvalue weighted by atomic mass is 10.3. The monoisotopic (exact) mass is 281 g/mol. The van der Waals surface area contributed by atoms with Gasteiger partial charge in [-0.3, -0.25) is 14.2 Å². The van der Waals surface area contributed by atoms with Crippen LogP contribution in [0.2, 0.25) is 5.02 Å². The zero-order valence-corrected chi connectivity index (χ0v) is 11.7. The van der Waals surface area contributed by atoms with Crippen LogP contribution < -0.4 is 5.32 Å². The first-order valence-corrected chi connectivity index (χ1v) is 6.54. The van der Waals surface area contributed by atoms with Crippen molar-refractivity contribution in [1.82, 2.24) is 24.9 Å². The van der Waals surface area contributed by atoms with E-state index >= 15 is 0 Å². The van der Waals surface area contributed by atoms with Gasteiger partial charge in [-0.1, -0.05) is 11.6 Å². The fourth-order valence-corrected chi connectivity index (χ4v) is 1.99. The molecule has 0 spiro atoms. The van der Waals surface area contributed by atoms with Gasteiger partial charge in [0.2, 0.25) is 0 Å². The number of aromatic nitrogens is 4. The Labute approximate surface area is 116 Å². The van der Waals surface area contributed by atoms with Crippen LogP contribution in [0.15, 0.2) is 18.6 Å². The van der Waals surface area contributed by atoms with E-state index in [-0.39, 0.29) is 5.91 Å². The Morgan fingerprint density at radius 2 is 2.11 bits per heavy atom. The Bertz CT molecular complexity index is 574. The van der Waals surface area contributed by atoms with Gasteiger partial charge in [-0.15, -0.1) is 0 Å². The van der Waals surface area contributed by atoms with Crippen LogP contribution in [0.3, 0.4) is 0 Å². The van der Waals surface area contributed by atoms with Crippen LogP contribution in [-0.2, 0) is 19.6 Å². The van der Waals surface area contributed by atoms with Gasteiger partial charge in [0.25, 0.3) is 5.91 Å². The molecule has 2 aromatic rings. The second-order valence-electron chi connectivity index (χ2n) is 4.04. The molecule has 1 amide bonds. The minimum Gasteiger partial charge on any atom is -0.346 e.